The molecule has 0 unspecified atom stereocenters. The van der Waals surface area contributed by atoms with Crippen molar-refractivity contribution < 1.29 is 23.8 Å². The minimum absolute atomic E-state index is 0. The van der Waals surface area contributed by atoms with Gasteiger partial charge >= 0.3 is 18.9 Å². The van der Waals surface area contributed by atoms with Crippen LogP contribution < -0.4 is 18.9 Å². The Morgan fingerprint density at radius 1 is 1.55 bits per heavy atom. The van der Waals surface area contributed by atoms with Crippen molar-refractivity contribution in [3.05, 3.63) is 16.2 Å². The van der Waals surface area contributed by atoms with E-state index in [1.165, 1.54) is 0 Å². The molecule has 0 aromatic heterocycles. The molecule has 0 N–H and O–H groups in total. The zero-order valence-electron chi connectivity index (χ0n) is 7.76. The molecule has 0 fully saturated rings. The van der Waals surface area contributed by atoms with Gasteiger partial charge in [-0.2, -0.15) is 0 Å². The number of nitrogens with zero attached hydrogens (tertiary/aromatic N) is 1. The molecule has 0 aliphatic heterocycles. The van der Waals surface area contributed by atoms with E-state index in [4.69, 9.17) is 0 Å². The predicted molar refractivity (Wildman–Crippen MR) is 40.0 cm³/mol. The molecule has 0 aromatic carbocycles. The number of rotatable bonds is 4. The number of hydrogen-bond acceptors (Lipinski definition) is 2. The van der Waals surface area contributed by atoms with Gasteiger partial charge in [-0.3, -0.25) is 10.1 Å². The molecule has 4 heteroatoms. The molecule has 0 radical (unpaired) electrons. The Kier molecular flexibility index (Phi) is 8.04. The van der Waals surface area contributed by atoms with Gasteiger partial charge in [-0.25, -0.2) is 0 Å². The molecule has 11 heavy (non-hydrogen) atoms. The van der Waals surface area contributed by atoms with Crippen LogP contribution in [0.5, 0.6) is 0 Å². The van der Waals surface area contributed by atoms with E-state index in [9.17, 15) is 10.1 Å². The van der Waals surface area contributed by atoms with Crippen molar-refractivity contribution in [2.75, 3.05) is 0 Å². The van der Waals surface area contributed by atoms with Crippen LogP contribution in [-0.4, -0.2) is 4.92 Å². The fraction of sp³-hybridized carbons (Fsp3) is 0.857. The van der Waals surface area contributed by atoms with Crippen molar-refractivity contribution in [1.29, 1.82) is 0 Å². The van der Waals surface area contributed by atoms with Crippen LogP contribution in [0.25, 0.3) is 0 Å². The van der Waals surface area contributed by atoms with Gasteiger partial charge in [-0.05, 0) is 12.0 Å². The van der Waals surface area contributed by atoms with Gasteiger partial charge in [-0.15, -0.1) is 18.3 Å². The summed E-state index contributed by atoms with van der Waals surface area (Å²) in [5.41, 5.74) is 0. The van der Waals surface area contributed by atoms with Crippen molar-refractivity contribution in [3.8, 4) is 0 Å². The van der Waals surface area contributed by atoms with Crippen LogP contribution in [-0.2, 0) is 0 Å². The second-order valence-electron chi connectivity index (χ2n) is 2.92. The Morgan fingerprint density at radius 3 is 2.27 bits per heavy atom. The Hall–Kier alpha value is -0.133. The van der Waals surface area contributed by atoms with Gasteiger partial charge in [-0.1, -0.05) is 20.3 Å². The van der Waals surface area contributed by atoms with E-state index in [1.54, 1.807) is 6.92 Å². The monoisotopic (exact) mass is 151 g/mol. The first-order valence-corrected chi connectivity index (χ1v) is 3.51. The summed E-state index contributed by atoms with van der Waals surface area (Å²) in [4.78, 5) is 9.78. The first kappa shape index (κ1) is 13.5. The smallest absolute Gasteiger partial charge is 0.295 e. The zero-order chi connectivity index (χ0) is 8.15. The topological polar surface area (TPSA) is 43.1 Å². The summed E-state index contributed by atoms with van der Waals surface area (Å²) in [5, 5.41) is 10.1. The third kappa shape index (κ3) is 7.77. The molecule has 0 heterocycles. The number of nitro groups is 1. The average Bonchev–Trinajstić information content (AvgIpc) is 1.82. The van der Waals surface area contributed by atoms with Crippen LogP contribution in [0.15, 0.2) is 0 Å². The summed E-state index contributed by atoms with van der Waals surface area (Å²) in [7, 11) is 0. The van der Waals surface area contributed by atoms with Crippen LogP contribution in [0.4, 0.5) is 0 Å². The third-order valence-electron chi connectivity index (χ3n) is 1.40. The van der Waals surface area contributed by atoms with Gasteiger partial charge in [0.05, 0.1) is 0 Å². The van der Waals surface area contributed by atoms with Crippen LogP contribution >= 0.6 is 0 Å². The maximum Gasteiger partial charge on any atom is 1.00 e. The number of hydrogen-bond donors (Lipinski definition) is 0. The summed E-state index contributed by atoms with van der Waals surface area (Å²) in [5.74, 6) is 0.551. The van der Waals surface area contributed by atoms with Crippen molar-refractivity contribution >= 4 is 0 Å². The Balaban J connectivity index is 0. The molecule has 0 spiro atoms. The van der Waals surface area contributed by atoms with Gasteiger partial charge in [0.1, 0.15) is 0 Å². The molecule has 0 bridgehead atoms. The molecule has 0 saturated carbocycles. The van der Waals surface area contributed by atoms with E-state index >= 15 is 0 Å². The molecular formula is C7H14LiNO2. The molecule has 0 saturated heterocycles. The standard InChI is InChI=1S/C7H14NO2.Li/c1-6(2)4-5-7(3)8(9)10;/h6H,4-5H2,1-3H3;/q-1;+1. The second kappa shape index (κ2) is 6.57. The largest absolute Gasteiger partial charge is 1.00 e. The van der Waals surface area contributed by atoms with Crippen molar-refractivity contribution in [2.24, 2.45) is 5.92 Å². The van der Waals surface area contributed by atoms with Crippen LogP contribution in [0.3, 0.4) is 0 Å². The Bertz CT molecular complexity index is 117. The fourth-order valence-electron chi connectivity index (χ4n) is 0.589. The van der Waals surface area contributed by atoms with Gasteiger partial charge in [0.2, 0.25) is 0 Å². The van der Waals surface area contributed by atoms with Crippen molar-refractivity contribution in [2.45, 2.75) is 33.6 Å². The average molecular weight is 151 g/mol. The van der Waals surface area contributed by atoms with Crippen molar-refractivity contribution in [1.82, 2.24) is 0 Å². The molecule has 60 valence electrons. The summed E-state index contributed by atoms with van der Waals surface area (Å²) in [6, 6.07) is 0.369. The maximum absolute atomic E-state index is 10.1. The molecule has 0 aromatic rings. The zero-order valence-corrected chi connectivity index (χ0v) is 7.76. The van der Waals surface area contributed by atoms with Crippen LogP contribution in [0.1, 0.15) is 33.6 Å². The molecular weight excluding hydrogens is 137 g/mol. The molecule has 0 aliphatic carbocycles. The minimum Gasteiger partial charge on any atom is -0.295 e. The van der Waals surface area contributed by atoms with Crippen LogP contribution in [0.2, 0.25) is 0 Å². The van der Waals surface area contributed by atoms with E-state index in [0.29, 0.717) is 18.4 Å². The van der Waals surface area contributed by atoms with E-state index in [2.05, 4.69) is 13.8 Å². The van der Waals surface area contributed by atoms with E-state index in [1.807, 2.05) is 0 Å². The van der Waals surface area contributed by atoms with E-state index < -0.39 is 0 Å². The third-order valence-corrected chi connectivity index (χ3v) is 1.40. The summed E-state index contributed by atoms with van der Waals surface area (Å²) in [6.45, 7) is 5.70. The maximum atomic E-state index is 10.1. The second-order valence-corrected chi connectivity index (χ2v) is 2.92. The molecule has 3 nitrogen and oxygen atoms in total. The quantitative estimate of drug-likeness (QED) is 0.230. The molecule has 0 aliphatic rings. The van der Waals surface area contributed by atoms with Crippen LogP contribution in [0, 0.1) is 22.1 Å². The summed E-state index contributed by atoms with van der Waals surface area (Å²) >= 11 is 0. The van der Waals surface area contributed by atoms with Gasteiger partial charge < -0.3 is 0 Å². The Morgan fingerprint density at radius 2 is 2.00 bits per heavy atom. The van der Waals surface area contributed by atoms with Gasteiger partial charge in [0, 0.05) is 0 Å². The molecule has 0 rings (SSSR count). The summed E-state index contributed by atoms with van der Waals surface area (Å²) < 4.78 is 0. The first-order chi connectivity index (χ1) is 4.54. The minimum atomic E-state index is -0.303. The first-order valence-electron chi connectivity index (χ1n) is 3.51. The van der Waals surface area contributed by atoms with Gasteiger partial charge in [0.15, 0.2) is 0 Å². The predicted octanol–water partition coefficient (Wildman–Crippen LogP) is -0.745. The van der Waals surface area contributed by atoms with E-state index in [0.717, 1.165) is 6.42 Å². The molecule has 0 amide bonds. The SMILES string of the molecule is C[C-](CCC(C)C)[N+](=O)[O-].[Li+]. The Labute approximate surface area is 79.9 Å². The normalized spacial score (nSPS) is 9.09. The van der Waals surface area contributed by atoms with Crippen molar-refractivity contribution in [3.63, 3.8) is 0 Å². The fourth-order valence-corrected chi connectivity index (χ4v) is 0.589. The molecule has 0 atom stereocenters. The van der Waals surface area contributed by atoms with E-state index in [-0.39, 0.29) is 23.8 Å². The summed E-state index contributed by atoms with van der Waals surface area (Å²) in [6.07, 6.45) is 1.53. The van der Waals surface area contributed by atoms with Gasteiger partial charge in [0.25, 0.3) is 0 Å².